The molecule has 0 spiro atoms. The lowest BCUT2D eigenvalue weighted by Gasteiger charge is -2.09. The molecule has 124 valence electrons. The zero-order valence-corrected chi connectivity index (χ0v) is 13.2. The molecule has 2 aromatic rings. The molecule has 0 aliphatic heterocycles. The summed E-state index contributed by atoms with van der Waals surface area (Å²) in [5, 5.41) is 7.33. The number of rotatable bonds is 6. The third kappa shape index (κ3) is 4.84. The summed E-state index contributed by atoms with van der Waals surface area (Å²) in [5.41, 5.74) is 12.6. The van der Waals surface area contributed by atoms with Gasteiger partial charge in [0.2, 0.25) is 5.96 Å². The van der Waals surface area contributed by atoms with E-state index in [-0.39, 0.29) is 11.9 Å². The standard InChI is InChI=1S/C17H18N4O3/c1-23-16(22)13-8-6-12(7-9-13)11-24-15-5-3-2-4-14(15)10-20-21-17(18)19/h2-10H,11H2,1H3,(H4,18,19,21)/b20-10+. The molecule has 0 radical (unpaired) electrons. The van der Waals surface area contributed by atoms with Gasteiger partial charge in [0.25, 0.3) is 0 Å². The molecular formula is C17H18N4O3. The van der Waals surface area contributed by atoms with Crippen LogP contribution in [0.3, 0.4) is 0 Å². The van der Waals surface area contributed by atoms with Crippen LogP contribution in [0.1, 0.15) is 21.5 Å². The van der Waals surface area contributed by atoms with Gasteiger partial charge in [-0.1, -0.05) is 24.3 Å². The normalized spacial score (nSPS) is 10.4. The van der Waals surface area contributed by atoms with Gasteiger partial charge in [0, 0.05) is 5.56 Å². The number of nitrogens with zero attached hydrogens (tertiary/aromatic N) is 2. The van der Waals surface area contributed by atoms with Crippen molar-refractivity contribution >= 4 is 18.1 Å². The number of carbonyl (C=O) groups is 1. The van der Waals surface area contributed by atoms with Gasteiger partial charge >= 0.3 is 5.97 Å². The highest BCUT2D eigenvalue weighted by Gasteiger charge is 2.05. The molecule has 2 aromatic carbocycles. The topological polar surface area (TPSA) is 112 Å². The first-order chi connectivity index (χ1) is 11.6. The number of hydrogen-bond donors (Lipinski definition) is 2. The van der Waals surface area contributed by atoms with Crippen LogP contribution in [-0.4, -0.2) is 25.3 Å². The second-order valence-electron chi connectivity index (χ2n) is 4.78. The second-order valence-corrected chi connectivity index (χ2v) is 4.78. The Kier molecular flexibility index (Phi) is 5.90. The molecule has 0 aliphatic rings. The summed E-state index contributed by atoms with van der Waals surface area (Å²) in [7, 11) is 1.35. The number of esters is 1. The Morgan fingerprint density at radius 3 is 2.50 bits per heavy atom. The predicted octanol–water partition coefficient (Wildman–Crippen LogP) is 1.66. The van der Waals surface area contributed by atoms with E-state index in [1.165, 1.54) is 13.3 Å². The van der Waals surface area contributed by atoms with Gasteiger partial charge in [-0.2, -0.15) is 5.10 Å². The summed E-state index contributed by atoms with van der Waals surface area (Å²) >= 11 is 0. The number of nitrogens with two attached hydrogens (primary N) is 2. The lowest BCUT2D eigenvalue weighted by atomic mass is 10.1. The van der Waals surface area contributed by atoms with Crippen molar-refractivity contribution in [3.8, 4) is 5.75 Å². The molecule has 0 heterocycles. The van der Waals surface area contributed by atoms with Crippen molar-refractivity contribution in [2.45, 2.75) is 6.61 Å². The Morgan fingerprint density at radius 1 is 1.12 bits per heavy atom. The highest BCUT2D eigenvalue weighted by Crippen LogP contribution is 2.18. The first-order valence-electron chi connectivity index (χ1n) is 7.11. The molecule has 0 bridgehead atoms. The second kappa shape index (κ2) is 8.33. The van der Waals surface area contributed by atoms with Crippen molar-refractivity contribution in [2.75, 3.05) is 7.11 Å². The third-order valence-corrected chi connectivity index (χ3v) is 3.06. The molecule has 7 nitrogen and oxygen atoms in total. The molecule has 0 saturated heterocycles. The molecule has 0 saturated carbocycles. The number of para-hydroxylation sites is 1. The minimum atomic E-state index is -0.372. The van der Waals surface area contributed by atoms with Crippen LogP contribution in [-0.2, 0) is 11.3 Å². The number of methoxy groups -OCH3 is 1. The highest BCUT2D eigenvalue weighted by atomic mass is 16.5. The van der Waals surface area contributed by atoms with E-state index in [2.05, 4.69) is 14.9 Å². The summed E-state index contributed by atoms with van der Waals surface area (Å²) in [6.45, 7) is 0.342. The quantitative estimate of drug-likeness (QED) is 0.363. The molecule has 24 heavy (non-hydrogen) atoms. The van der Waals surface area contributed by atoms with Gasteiger partial charge in [-0.25, -0.2) is 4.79 Å². The zero-order chi connectivity index (χ0) is 17.4. The van der Waals surface area contributed by atoms with Gasteiger partial charge in [-0.3, -0.25) is 0 Å². The van der Waals surface area contributed by atoms with E-state index in [1.54, 1.807) is 12.1 Å². The molecule has 0 aliphatic carbocycles. The van der Waals surface area contributed by atoms with Gasteiger partial charge in [0.15, 0.2) is 0 Å². The maximum Gasteiger partial charge on any atom is 0.337 e. The van der Waals surface area contributed by atoms with Crippen LogP contribution < -0.4 is 16.2 Å². The van der Waals surface area contributed by atoms with Gasteiger partial charge in [0.1, 0.15) is 12.4 Å². The van der Waals surface area contributed by atoms with E-state index in [4.69, 9.17) is 16.2 Å². The monoisotopic (exact) mass is 326 g/mol. The van der Waals surface area contributed by atoms with E-state index in [0.717, 1.165) is 11.1 Å². The summed E-state index contributed by atoms with van der Waals surface area (Å²) in [6, 6.07) is 14.4. The number of ether oxygens (including phenoxy) is 2. The highest BCUT2D eigenvalue weighted by molar-refractivity contribution is 5.89. The Hall–Kier alpha value is -3.35. The lowest BCUT2D eigenvalue weighted by molar-refractivity contribution is 0.0600. The Labute approximate surface area is 139 Å². The van der Waals surface area contributed by atoms with Gasteiger partial charge in [0.05, 0.1) is 18.9 Å². The molecule has 0 fully saturated rings. The fourth-order valence-electron chi connectivity index (χ4n) is 1.89. The van der Waals surface area contributed by atoms with Crippen LogP contribution in [0, 0.1) is 0 Å². The van der Waals surface area contributed by atoms with E-state index in [9.17, 15) is 4.79 Å². The SMILES string of the molecule is COC(=O)c1ccc(COc2ccccc2/C=N/N=C(N)N)cc1. The van der Waals surface area contributed by atoms with E-state index in [0.29, 0.717) is 17.9 Å². The number of benzene rings is 2. The average Bonchev–Trinajstić information content (AvgIpc) is 2.60. The van der Waals surface area contributed by atoms with Crippen molar-refractivity contribution in [1.82, 2.24) is 0 Å². The molecule has 0 atom stereocenters. The fourth-order valence-corrected chi connectivity index (χ4v) is 1.89. The van der Waals surface area contributed by atoms with Crippen LogP contribution in [0.2, 0.25) is 0 Å². The van der Waals surface area contributed by atoms with Crippen LogP contribution >= 0.6 is 0 Å². The summed E-state index contributed by atoms with van der Waals surface area (Å²) in [6.07, 6.45) is 1.51. The van der Waals surface area contributed by atoms with Crippen molar-refractivity contribution < 1.29 is 14.3 Å². The van der Waals surface area contributed by atoms with Crippen LogP contribution in [0.4, 0.5) is 0 Å². The number of hydrogen-bond acceptors (Lipinski definition) is 5. The maximum absolute atomic E-state index is 11.4. The average molecular weight is 326 g/mol. The minimum Gasteiger partial charge on any atom is -0.488 e. The summed E-state index contributed by atoms with van der Waals surface area (Å²) < 4.78 is 10.5. The molecule has 0 aromatic heterocycles. The lowest BCUT2D eigenvalue weighted by Crippen LogP contribution is -2.21. The first-order valence-corrected chi connectivity index (χ1v) is 7.11. The van der Waals surface area contributed by atoms with Crippen LogP contribution in [0.25, 0.3) is 0 Å². The van der Waals surface area contributed by atoms with Crippen molar-refractivity contribution in [2.24, 2.45) is 21.7 Å². The van der Waals surface area contributed by atoms with E-state index < -0.39 is 0 Å². The van der Waals surface area contributed by atoms with Crippen LogP contribution in [0.5, 0.6) is 5.75 Å². The van der Waals surface area contributed by atoms with Crippen LogP contribution in [0.15, 0.2) is 58.7 Å². The minimum absolute atomic E-state index is 0.115. The maximum atomic E-state index is 11.4. The van der Waals surface area contributed by atoms with Gasteiger partial charge < -0.3 is 20.9 Å². The summed E-state index contributed by atoms with van der Waals surface area (Å²) in [4.78, 5) is 11.4. The molecule has 4 N–H and O–H groups in total. The largest absolute Gasteiger partial charge is 0.488 e. The Morgan fingerprint density at radius 2 is 1.83 bits per heavy atom. The van der Waals surface area contributed by atoms with E-state index >= 15 is 0 Å². The number of guanidine groups is 1. The van der Waals surface area contributed by atoms with Gasteiger partial charge in [-0.05, 0) is 29.8 Å². The van der Waals surface area contributed by atoms with Crippen molar-refractivity contribution in [3.63, 3.8) is 0 Å². The van der Waals surface area contributed by atoms with E-state index in [1.807, 2.05) is 36.4 Å². The van der Waals surface area contributed by atoms with Crippen molar-refractivity contribution in [1.29, 1.82) is 0 Å². The third-order valence-electron chi connectivity index (χ3n) is 3.06. The molecule has 2 rings (SSSR count). The van der Waals surface area contributed by atoms with Crippen molar-refractivity contribution in [3.05, 3.63) is 65.2 Å². The predicted molar refractivity (Wildman–Crippen MR) is 92.0 cm³/mol. The number of carbonyl (C=O) groups excluding carboxylic acids is 1. The van der Waals surface area contributed by atoms with Gasteiger partial charge in [-0.15, -0.1) is 5.10 Å². The first kappa shape index (κ1) is 17.0. The molecule has 0 amide bonds. The summed E-state index contributed by atoms with van der Waals surface area (Å²) in [5.74, 6) is 0.156. The molecule has 0 unspecified atom stereocenters. The Bertz CT molecular complexity index is 751. The fraction of sp³-hybridized carbons (Fsp3) is 0.118. The molecular weight excluding hydrogens is 308 g/mol. The smallest absolute Gasteiger partial charge is 0.337 e. The zero-order valence-electron chi connectivity index (χ0n) is 13.2. The Balaban J connectivity index is 2.05. The molecule has 7 heteroatoms.